The first-order valence-corrected chi connectivity index (χ1v) is 4.65. The average Bonchev–Trinajstić information content (AvgIpc) is 2.46. The fourth-order valence-electron chi connectivity index (χ4n) is 1.89. The Balaban J connectivity index is 2.42. The van der Waals surface area contributed by atoms with Crippen molar-refractivity contribution < 1.29 is 0 Å². The van der Waals surface area contributed by atoms with Gasteiger partial charge in [-0.1, -0.05) is 24.6 Å². The lowest BCUT2D eigenvalue weighted by molar-refractivity contribution is 0.727. The van der Waals surface area contributed by atoms with Gasteiger partial charge in [-0.05, 0) is 25.0 Å². The summed E-state index contributed by atoms with van der Waals surface area (Å²) in [7, 11) is 0. The molecule has 1 heteroatoms. The number of anilines is 1. The SMILES string of the molecule is CCC1CNc2ccc(C)cc21. The number of benzene rings is 1. The Hall–Kier alpha value is -0.980. The first-order chi connectivity index (χ1) is 5.81. The van der Waals surface area contributed by atoms with E-state index in [0.717, 1.165) is 12.5 Å². The van der Waals surface area contributed by atoms with E-state index in [1.165, 1.54) is 23.2 Å². The normalized spacial score (nSPS) is 20.3. The van der Waals surface area contributed by atoms with E-state index in [0.29, 0.717) is 0 Å². The summed E-state index contributed by atoms with van der Waals surface area (Å²) >= 11 is 0. The number of fused-ring (bicyclic) bond motifs is 1. The zero-order chi connectivity index (χ0) is 8.55. The summed E-state index contributed by atoms with van der Waals surface area (Å²) in [6.45, 7) is 5.53. The van der Waals surface area contributed by atoms with Crippen molar-refractivity contribution in [3.63, 3.8) is 0 Å². The fourth-order valence-corrected chi connectivity index (χ4v) is 1.89. The molecule has 1 N–H and O–H groups in total. The third-order valence-electron chi connectivity index (χ3n) is 2.68. The number of nitrogens with one attached hydrogen (secondary N) is 1. The highest BCUT2D eigenvalue weighted by Crippen LogP contribution is 2.33. The lowest BCUT2D eigenvalue weighted by atomic mass is 9.97. The second kappa shape index (κ2) is 2.81. The van der Waals surface area contributed by atoms with E-state index in [9.17, 15) is 0 Å². The summed E-state index contributed by atoms with van der Waals surface area (Å²) < 4.78 is 0. The van der Waals surface area contributed by atoms with Gasteiger partial charge in [0.2, 0.25) is 0 Å². The Bertz CT molecular complexity index is 291. The number of hydrogen-bond acceptors (Lipinski definition) is 1. The molecule has 12 heavy (non-hydrogen) atoms. The number of aryl methyl sites for hydroxylation is 1. The van der Waals surface area contributed by atoms with Crippen LogP contribution in [0.4, 0.5) is 5.69 Å². The van der Waals surface area contributed by atoms with Gasteiger partial charge in [-0.25, -0.2) is 0 Å². The van der Waals surface area contributed by atoms with Crippen LogP contribution >= 0.6 is 0 Å². The molecule has 0 saturated carbocycles. The molecule has 1 aliphatic rings. The molecule has 0 saturated heterocycles. The molecular formula is C11H15N. The van der Waals surface area contributed by atoms with Gasteiger partial charge in [0.1, 0.15) is 0 Å². The molecule has 1 aliphatic heterocycles. The maximum absolute atomic E-state index is 3.43. The average molecular weight is 161 g/mol. The molecule has 1 nitrogen and oxygen atoms in total. The Kier molecular flexibility index (Phi) is 1.80. The first kappa shape index (κ1) is 7.66. The molecule has 0 spiro atoms. The molecule has 1 heterocycles. The quantitative estimate of drug-likeness (QED) is 0.667. The van der Waals surface area contributed by atoms with Crippen LogP contribution in [-0.2, 0) is 0 Å². The van der Waals surface area contributed by atoms with Gasteiger partial charge in [0, 0.05) is 18.2 Å². The smallest absolute Gasteiger partial charge is 0.0376 e. The van der Waals surface area contributed by atoms with E-state index in [1.54, 1.807) is 0 Å². The Morgan fingerprint density at radius 1 is 1.50 bits per heavy atom. The van der Waals surface area contributed by atoms with Crippen LogP contribution in [0.15, 0.2) is 18.2 Å². The van der Waals surface area contributed by atoms with Crippen LogP contribution in [0.1, 0.15) is 30.4 Å². The van der Waals surface area contributed by atoms with E-state index in [1.807, 2.05) is 0 Å². The molecule has 0 radical (unpaired) electrons. The van der Waals surface area contributed by atoms with Crippen molar-refractivity contribution in [1.29, 1.82) is 0 Å². The molecule has 2 rings (SSSR count). The van der Waals surface area contributed by atoms with E-state index in [4.69, 9.17) is 0 Å². The summed E-state index contributed by atoms with van der Waals surface area (Å²) in [6, 6.07) is 6.67. The van der Waals surface area contributed by atoms with Crippen LogP contribution in [0.25, 0.3) is 0 Å². The van der Waals surface area contributed by atoms with Crippen LogP contribution < -0.4 is 5.32 Å². The number of hydrogen-bond donors (Lipinski definition) is 1. The van der Waals surface area contributed by atoms with Crippen molar-refractivity contribution in [3.05, 3.63) is 29.3 Å². The molecule has 1 aromatic rings. The summed E-state index contributed by atoms with van der Waals surface area (Å²) in [5.41, 5.74) is 4.22. The van der Waals surface area contributed by atoms with Gasteiger partial charge in [-0.2, -0.15) is 0 Å². The maximum atomic E-state index is 3.43. The first-order valence-electron chi connectivity index (χ1n) is 4.65. The number of rotatable bonds is 1. The van der Waals surface area contributed by atoms with Gasteiger partial charge in [-0.15, -0.1) is 0 Å². The molecule has 0 aliphatic carbocycles. The summed E-state index contributed by atoms with van der Waals surface area (Å²) in [5.74, 6) is 0.736. The highest BCUT2D eigenvalue weighted by atomic mass is 14.9. The third-order valence-corrected chi connectivity index (χ3v) is 2.68. The van der Waals surface area contributed by atoms with Gasteiger partial charge in [0.15, 0.2) is 0 Å². The fraction of sp³-hybridized carbons (Fsp3) is 0.455. The second-order valence-electron chi connectivity index (χ2n) is 3.58. The largest absolute Gasteiger partial charge is 0.384 e. The van der Waals surface area contributed by atoms with Crippen molar-refractivity contribution >= 4 is 5.69 Å². The van der Waals surface area contributed by atoms with Gasteiger partial charge >= 0.3 is 0 Å². The molecule has 0 amide bonds. The van der Waals surface area contributed by atoms with Crippen molar-refractivity contribution in [3.8, 4) is 0 Å². The van der Waals surface area contributed by atoms with Crippen LogP contribution in [-0.4, -0.2) is 6.54 Å². The maximum Gasteiger partial charge on any atom is 0.0376 e. The predicted octanol–water partition coefficient (Wildman–Crippen LogP) is 2.91. The van der Waals surface area contributed by atoms with Gasteiger partial charge in [0.05, 0.1) is 0 Å². The van der Waals surface area contributed by atoms with Crippen LogP contribution in [0.2, 0.25) is 0 Å². The van der Waals surface area contributed by atoms with Crippen molar-refractivity contribution in [2.45, 2.75) is 26.2 Å². The molecule has 0 aromatic heterocycles. The van der Waals surface area contributed by atoms with Gasteiger partial charge in [-0.3, -0.25) is 0 Å². The molecule has 0 bridgehead atoms. The molecule has 1 unspecified atom stereocenters. The van der Waals surface area contributed by atoms with Crippen LogP contribution in [0.5, 0.6) is 0 Å². The minimum absolute atomic E-state index is 0.736. The molecule has 64 valence electrons. The Labute approximate surface area is 73.8 Å². The molecule has 1 atom stereocenters. The molecular weight excluding hydrogens is 146 g/mol. The lowest BCUT2D eigenvalue weighted by Crippen LogP contribution is -1.99. The second-order valence-corrected chi connectivity index (χ2v) is 3.58. The predicted molar refractivity (Wildman–Crippen MR) is 52.7 cm³/mol. The van der Waals surface area contributed by atoms with Gasteiger partial charge in [0.25, 0.3) is 0 Å². The summed E-state index contributed by atoms with van der Waals surface area (Å²) in [5, 5.41) is 3.43. The summed E-state index contributed by atoms with van der Waals surface area (Å²) in [4.78, 5) is 0. The zero-order valence-electron chi connectivity index (χ0n) is 7.72. The summed E-state index contributed by atoms with van der Waals surface area (Å²) in [6.07, 6.45) is 1.24. The van der Waals surface area contributed by atoms with Crippen molar-refractivity contribution in [2.75, 3.05) is 11.9 Å². The van der Waals surface area contributed by atoms with E-state index in [2.05, 4.69) is 37.4 Å². The van der Waals surface area contributed by atoms with Crippen LogP contribution in [0.3, 0.4) is 0 Å². The molecule has 0 fully saturated rings. The van der Waals surface area contributed by atoms with Gasteiger partial charge < -0.3 is 5.32 Å². The standard InChI is InChI=1S/C11H15N/c1-3-9-7-12-11-5-4-8(2)6-10(9)11/h4-6,9,12H,3,7H2,1-2H3. The minimum Gasteiger partial charge on any atom is -0.384 e. The third kappa shape index (κ3) is 1.09. The Morgan fingerprint density at radius 3 is 3.08 bits per heavy atom. The van der Waals surface area contributed by atoms with Crippen molar-refractivity contribution in [2.24, 2.45) is 0 Å². The monoisotopic (exact) mass is 161 g/mol. The zero-order valence-corrected chi connectivity index (χ0v) is 7.72. The van der Waals surface area contributed by atoms with E-state index >= 15 is 0 Å². The van der Waals surface area contributed by atoms with Crippen molar-refractivity contribution in [1.82, 2.24) is 0 Å². The lowest BCUT2D eigenvalue weighted by Gasteiger charge is -2.06. The topological polar surface area (TPSA) is 12.0 Å². The molecule has 1 aromatic carbocycles. The highest BCUT2D eigenvalue weighted by Gasteiger charge is 2.19. The van der Waals surface area contributed by atoms with Crippen LogP contribution in [0, 0.1) is 6.92 Å². The van der Waals surface area contributed by atoms with E-state index < -0.39 is 0 Å². The highest BCUT2D eigenvalue weighted by molar-refractivity contribution is 5.58. The Morgan fingerprint density at radius 2 is 2.33 bits per heavy atom. The minimum atomic E-state index is 0.736. The van der Waals surface area contributed by atoms with E-state index in [-0.39, 0.29) is 0 Å².